The SMILES string of the molecule is CCCCCCCCCCCCCCCC(c1nccn1CCCCCCCCCCC)C(C)(Cc1ccccc1)c1ccccc1. The van der Waals surface area contributed by atoms with E-state index in [4.69, 9.17) is 4.98 Å². The average molecular weight is 641 g/mol. The van der Waals surface area contributed by atoms with Gasteiger partial charge in [0.2, 0.25) is 0 Å². The van der Waals surface area contributed by atoms with Crippen molar-refractivity contribution in [2.24, 2.45) is 0 Å². The maximum absolute atomic E-state index is 5.15. The van der Waals surface area contributed by atoms with Gasteiger partial charge in [0.25, 0.3) is 0 Å². The first-order chi connectivity index (χ1) is 23.2. The zero-order valence-corrected chi connectivity index (χ0v) is 31.1. The molecule has 3 aromatic rings. The second-order valence-electron chi connectivity index (χ2n) is 14.8. The number of aryl methyl sites for hydroxylation is 1. The van der Waals surface area contributed by atoms with Gasteiger partial charge in [0, 0.05) is 30.3 Å². The molecule has 0 fully saturated rings. The van der Waals surface area contributed by atoms with E-state index in [1.165, 1.54) is 165 Å². The van der Waals surface area contributed by atoms with E-state index in [9.17, 15) is 0 Å². The Morgan fingerprint density at radius 1 is 0.553 bits per heavy atom. The highest BCUT2D eigenvalue weighted by Crippen LogP contribution is 2.44. The number of hydrogen-bond acceptors (Lipinski definition) is 1. The van der Waals surface area contributed by atoms with Gasteiger partial charge in [0.15, 0.2) is 0 Å². The van der Waals surface area contributed by atoms with Crippen LogP contribution in [0.25, 0.3) is 0 Å². The van der Waals surface area contributed by atoms with Crippen molar-refractivity contribution in [2.45, 2.75) is 193 Å². The molecule has 0 amide bonds. The minimum Gasteiger partial charge on any atom is -0.335 e. The minimum atomic E-state index is -0.0265. The van der Waals surface area contributed by atoms with Crippen molar-refractivity contribution >= 4 is 0 Å². The highest BCUT2D eigenvalue weighted by molar-refractivity contribution is 5.33. The molecule has 0 radical (unpaired) electrons. The lowest BCUT2D eigenvalue weighted by Gasteiger charge is -2.39. The number of rotatable bonds is 29. The average Bonchev–Trinajstić information content (AvgIpc) is 3.56. The summed E-state index contributed by atoms with van der Waals surface area (Å²) in [7, 11) is 0. The van der Waals surface area contributed by atoms with Crippen LogP contribution in [0.2, 0.25) is 0 Å². The predicted octanol–water partition coefficient (Wildman–Crippen LogP) is 14.2. The summed E-state index contributed by atoms with van der Waals surface area (Å²) in [6, 6.07) is 22.5. The molecule has 2 unspecified atom stereocenters. The van der Waals surface area contributed by atoms with Gasteiger partial charge < -0.3 is 4.57 Å². The molecule has 0 aliphatic heterocycles. The lowest BCUT2D eigenvalue weighted by atomic mass is 9.66. The number of benzene rings is 2. The molecule has 47 heavy (non-hydrogen) atoms. The summed E-state index contributed by atoms with van der Waals surface area (Å²) in [5.41, 5.74) is 2.84. The van der Waals surface area contributed by atoms with Crippen molar-refractivity contribution in [2.75, 3.05) is 0 Å². The number of aromatic nitrogens is 2. The second-order valence-corrected chi connectivity index (χ2v) is 14.8. The Bertz CT molecular complexity index is 1120. The van der Waals surface area contributed by atoms with Crippen LogP contribution in [0.5, 0.6) is 0 Å². The van der Waals surface area contributed by atoms with Gasteiger partial charge in [-0.25, -0.2) is 4.98 Å². The Hall–Kier alpha value is -2.35. The number of unbranched alkanes of at least 4 members (excludes halogenated alkanes) is 20. The summed E-state index contributed by atoms with van der Waals surface area (Å²) in [6.45, 7) is 8.23. The summed E-state index contributed by atoms with van der Waals surface area (Å²) in [4.78, 5) is 5.15. The standard InChI is InChI=1S/C45H72N2/c1-4-6-8-10-12-14-15-16-17-18-20-22-30-36-43(44-46-37-39-47(44)38-31-23-21-19-13-11-9-7-5-2)45(3,42-34-28-25-29-35-42)40-41-32-26-24-27-33-41/h24-29,32-35,37,39,43H,4-23,30-31,36,38,40H2,1-3H3. The van der Waals surface area contributed by atoms with E-state index < -0.39 is 0 Å². The molecule has 0 N–H and O–H groups in total. The number of hydrogen-bond donors (Lipinski definition) is 0. The first-order valence-electron chi connectivity index (χ1n) is 20.3. The summed E-state index contributed by atoms with van der Waals surface area (Å²) in [5, 5.41) is 0. The number of imidazole rings is 1. The molecule has 1 aromatic heterocycles. The van der Waals surface area contributed by atoms with Gasteiger partial charge >= 0.3 is 0 Å². The van der Waals surface area contributed by atoms with Crippen LogP contribution >= 0.6 is 0 Å². The first-order valence-corrected chi connectivity index (χ1v) is 20.3. The molecule has 2 nitrogen and oxygen atoms in total. The van der Waals surface area contributed by atoms with Gasteiger partial charge in [-0.05, 0) is 30.4 Å². The second kappa shape index (κ2) is 24.7. The molecular weight excluding hydrogens is 569 g/mol. The first kappa shape index (κ1) is 39.1. The molecule has 0 saturated carbocycles. The molecule has 0 spiro atoms. The zero-order chi connectivity index (χ0) is 33.3. The fourth-order valence-corrected chi connectivity index (χ4v) is 7.78. The van der Waals surface area contributed by atoms with Gasteiger partial charge in [-0.15, -0.1) is 0 Å². The Kier molecular flexibility index (Phi) is 20.6. The summed E-state index contributed by atoms with van der Waals surface area (Å²) >= 11 is 0. The van der Waals surface area contributed by atoms with Crippen LogP contribution in [0.15, 0.2) is 73.1 Å². The Morgan fingerprint density at radius 3 is 1.51 bits per heavy atom. The fourth-order valence-electron chi connectivity index (χ4n) is 7.78. The lowest BCUT2D eigenvalue weighted by Crippen LogP contribution is -2.35. The third-order valence-electron chi connectivity index (χ3n) is 10.8. The van der Waals surface area contributed by atoms with Gasteiger partial charge in [0.05, 0.1) is 0 Å². The minimum absolute atomic E-state index is 0.0265. The lowest BCUT2D eigenvalue weighted by molar-refractivity contribution is 0.321. The monoisotopic (exact) mass is 641 g/mol. The summed E-state index contributed by atoms with van der Waals surface area (Å²) < 4.78 is 2.53. The van der Waals surface area contributed by atoms with E-state index in [0.29, 0.717) is 5.92 Å². The van der Waals surface area contributed by atoms with Crippen LogP contribution in [0.1, 0.15) is 191 Å². The van der Waals surface area contributed by atoms with E-state index in [1.54, 1.807) is 0 Å². The Labute approximate surface area is 291 Å². The topological polar surface area (TPSA) is 17.8 Å². The maximum Gasteiger partial charge on any atom is 0.112 e. The van der Waals surface area contributed by atoms with Gasteiger partial charge in [-0.2, -0.15) is 0 Å². The molecule has 2 atom stereocenters. The van der Waals surface area contributed by atoms with Crippen molar-refractivity contribution in [3.63, 3.8) is 0 Å². The molecular formula is C45H72N2. The third-order valence-corrected chi connectivity index (χ3v) is 10.8. The predicted molar refractivity (Wildman–Crippen MR) is 206 cm³/mol. The van der Waals surface area contributed by atoms with Crippen LogP contribution in [-0.2, 0) is 18.4 Å². The highest BCUT2D eigenvalue weighted by atomic mass is 15.1. The van der Waals surface area contributed by atoms with E-state index in [2.05, 4.69) is 98.4 Å². The van der Waals surface area contributed by atoms with Crippen LogP contribution in [0.3, 0.4) is 0 Å². The Morgan fingerprint density at radius 2 is 1.00 bits per heavy atom. The van der Waals surface area contributed by atoms with Crippen LogP contribution in [-0.4, -0.2) is 9.55 Å². The van der Waals surface area contributed by atoms with Crippen LogP contribution in [0, 0.1) is 0 Å². The number of nitrogens with zero attached hydrogens (tertiary/aromatic N) is 2. The van der Waals surface area contributed by atoms with Crippen LogP contribution in [0.4, 0.5) is 0 Å². The van der Waals surface area contributed by atoms with E-state index in [0.717, 1.165) is 13.0 Å². The van der Waals surface area contributed by atoms with Crippen molar-refractivity contribution in [3.05, 3.63) is 90.0 Å². The van der Waals surface area contributed by atoms with Crippen molar-refractivity contribution in [3.8, 4) is 0 Å². The van der Waals surface area contributed by atoms with E-state index >= 15 is 0 Å². The van der Waals surface area contributed by atoms with Crippen LogP contribution < -0.4 is 0 Å². The molecule has 0 aliphatic carbocycles. The normalized spacial score (nSPS) is 13.5. The van der Waals surface area contributed by atoms with Gasteiger partial charge in [0.1, 0.15) is 5.82 Å². The summed E-state index contributed by atoms with van der Waals surface area (Å²) in [5.74, 6) is 1.69. The van der Waals surface area contributed by atoms with Crippen molar-refractivity contribution in [1.29, 1.82) is 0 Å². The van der Waals surface area contributed by atoms with Crippen molar-refractivity contribution in [1.82, 2.24) is 9.55 Å². The summed E-state index contributed by atoms with van der Waals surface area (Å²) in [6.07, 6.45) is 37.1. The van der Waals surface area contributed by atoms with Gasteiger partial charge in [-0.1, -0.05) is 216 Å². The molecule has 2 aromatic carbocycles. The molecule has 3 rings (SSSR count). The molecule has 1 heterocycles. The largest absolute Gasteiger partial charge is 0.335 e. The maximum atomic E-state index is 5.15. The van der Waals surface area contributed by atoms with E-state index in [1.807, 2.05) is 0 Å². The third kappa shape index (κ3) is 15.2. The quantitative estimate of drug-likeness (QED) is 0.0690. The van der Waals surface area contributed by atoms with Gasteiger partial charge in [-0.3, -0.25) is 0 Å². The smallest absolute Gasteiger partial charge is 0.112 e. The Balaban J connectivity index is 1.61. The highest BCUT2D eigenvalue weighted by Gasteiger charge is 2.39. The molecule has 2 heteroatoms. The van der Waals surface area contributed by atoms with Crippen molar-refractivity contribution < 1.29 is 0 Å². The molecule has 0 aliphatic rings. The molecule has 262 valence electrons. The van der Waals surface area contributed by atoms with E-state index in [-0.39, 0.29) is 5.41 Å². The fraction of sp³-hybridized carbons (Fsp3) is 0.667. The zero-order valence-electron chi connectivity index (χ0n) is 31.1. The molecule has 0 saturated heterocycles. The molecule has 0 bridgehead atoms.